The molecule has 0 radical (unpaired) electrons. The van der Waals surface area contributed by atoms with Gasteiger partial charge in [0.15, 0.2) is 0 Å². The van der Waals surface area contributed by atoms with Crippen LogP contribution in [-0.4, -0.2) is 41.4 Å². The fraction of sp³-hybridized carbons (Fsp3) is 0.556. The molecule has 1 atom stereocenters. The number of aliphatic hydroxyl groups is 2. The Balaban J connectivity index is 1.87. The second-order valence-corrected chi connectivity index (χ2v) is 5.73. The van der Waals surface area contributed by atoms with Crippen LogP contribution in [0.3, 0.4) is 0 Å². The number of aliphatic hydroxyl groups excluding tert-OH is 2. The van der Waals surface area contributed by atoms with Crippen molar-refractivity contribution in [1.29, 1.82) is 0 Å². The molecule has 0 aromatic heterocycles. The molecule has 0 bridgehead atoms. The molecular weight excluding hydrogens is 262 g/mol. The van der Waals surface area contributed by atoms with Crippen LogP contribution in [0.2, 0.25) is 0 Å². The van der Waals surface area contributed by atoms with Crippen LogP contribution in [0.5, 0.6) is 0 Å². The number of likely N-dealkylation sites (tertiary alicyclic amines) is 1. The highest BCUT2D eigenvalue weighted by Crippen LogP contribution is 2.21. The van der Waals surface area contributed by atoms with Crippen molar-refractivity contribution in [2.75, 3.05) is 26.3 Å². The summed E-state index contributed by atoms with van der Waals surface area (Å²) in [5.41, 5.74) is 2.32. The first-order valence-electron chi connectivity index (χ1n) is 7.83. The van der Waals surface area contributed by atoms with Crippen LogP contribution < -0.4 is 0 Å². The molecule has 3 nitrogen and oxygen atoms in total. The van der Waals surface area contributed by atoms with Crippen molar-refractivity contribution in [1.82, 2.24) is 4.90 Å². The number of hydrogen-bond acceptors (Lipinski definition) is 3. The minimum absolute atomic E-state index is 0.120. The molecule has 0 amide bonds. The maximum absolute atomic E-state index is 9.07. The zero-order valence-electron chi connectivity index (χ0n) is 12.6. The molecule has 21 heavy (non-hydrogen) atoms. The van der Waals surface area contributed by atoms with Crippen LogP contribution in [-0.2, 0) is 6.54 Å². The van der Waals surface area contributed by atoms with E-state index in [-0.39, 0.29) is 6.61 Å². The van der Waals surface area contributed by atoms with Crippen molar-refractivity contribution in [3.8, 4) is 11.8 Å². The van der Waals surface area contributed by atoms with Crippen molar-refractivity contribution in [2.45, 2.75) is 32.2 Å². The summed E-state index contributed by atoms with van der Waals surface area (Å²) in [5.74, 6) is 6.63. The van der Waals surface area contributed by atoms with Crippen LogP contribution in [0, 0.1) is 17.8 Å². The summed E-state index contributed by atoms with van der Waals surface area (Å²) >= 11 is 0. The van der Waals surface area contributed by atoms with Gasteiger partial charge in [0.2, 0.25) is 0 Å². The van der Waals surface area contributed by atoms with E-state index in [1.54, 1.807) is 0 Å². The van der Waals surface area contributed by atoms with Gasteiger partial charge in [-0.05, 0) is 49.4 Å². The van der Waals surface area contributed by atoms with Gasteiger partial charge in [0.1, 0.15) is 0 Å². The van der Waals surface area contributed by atoms with Gasteiger partial charge in [-0.3, -0.25) is 4.90 Å². The minimum atomic E-state index is 0.120. The summed E-state index contributed by atoms with van der Waals surface area (Å²) in [6, 6.07) is 8.38. The summed E-state index contributed by atoms with van der Waals surface area (Å²) in [7, 11) is 0. The Morgan fingerprint density at radius 1 is 1.14 bits per heavy atom. The van der Waals surface area contributed by atoms with Crippen molar-refractivity contribution in [3.63, 3.8) is 0 Å². The normalized spacial score (nSPS) is 19.0. The van der Waals surface area contributed by atoms with Gasteiger partial charge in [-0.1, -0.05) is 24.0 Å². The fourth-order valence-electron chi connectivity index (χ4n) is 2.89. The Labute approximate surface area is 127 Å². The second-order valence-electron chi connectivity index (χ2n) is 5.73. The number of rotatable bonds is 5. The van der Waals surface area contributed by atoms with Gasteiger partial charge in [0.25, 0.3) is 0 Å². The summed E-state index contributed by atoms with van der Waals surface area (Å²) in [6.45, 7) is 3.65. The van der Waals surface area contributed by atoms with Crippen molar-refractivity contribution in [2.24, 2.45) is 5.92 Å². The van der Waals surface area contributed by atoms with Gasteiger partial charge >= 0.3 is 0 Å². The maximum atomic E-state index is 9.07. The predicted octanol–water partition coefficient (Wildman–Crippen LogP) is 2.01. The number of hydrogen-bond donors (Lipinski definition) is 2. The quantitative estimate of drug-likeness (QED) is 0.814. The molecule has 1 heterocycles. The van der Waals surface area contributed by atoms with E-state index in [0.29, 0.717) is 18.9 Å². The lowest BCUT2D eigenvalue weighted by molar-refractivity contribution is 0.142. The van der Waals surface area contributed by atoms with E-state index >= 15 is 0 Å². The van der Waals surface area contributed by atoms with Gasteiger partial charge in [0, 0.05) is 31.7 Å². The smallest absolute Gasteiger partial charge is 0.0540 e. The summed E-state index contributed by atoms with van der Waals surface area (Å²) < 4.78 is 0. The number of piperidine rings is 1. The summed E-state index contributed by atoms with van der Waals surface area (Å²) in [4.78, 5) is 2.48. The van der Waals surface area contributed by atoms with E-state index in [0.717, 1.165) is 31.6 Å². The van der Waals surface area contributed by atoms with Crippen molar-refractivity contribution in [3.05, 3.63) is 35.4 Å². The van der Waals surface area contributed by atoms with E-state index in [2.05, 4.69) is 41.0 Å². The molecule has 0 spiro atoms. The molecule has 2 N–H and O–H groups in total. The van der Waals surface area contributed by atoms with Crippen LogP contribution in [0.15, 0.2) is 24.3 Å². The monoisotopic (exact) mass is 287 g/mol. The Morgan fingerprint density at radius 2 is 1.95 bits per heavy atom. The molecule has 0 aliphatic carbocycles. The first kappa shape index (κ1) is 16.0. The van der Waals surface area contributed by atoms with E-state index in [1.165, 1.54) is 18.4 Å². The van der Waals surface area contributed by atoms with Crippen LogP contribution in [0.4, 0.5) is 0 Å². The van der Waals surface area contributed by atoms with E-state index in [4.69, 9.17) is 10.2 Å². The predicted molar refractivity (Wildman–Crippen MR) is 84.7 cm³/mol. The van der Waals surface area contributed by atoms with Crippen LogP contribution in [0.25, 0.3) is 0 Å². The van der Waals surface area contributed by atoms with Crippen LogP contribution in [0.1, 0.15) is 36.8 Å². The van der Waals surface area contributed by atoms with Gasteiger partial charge < -0.3 is 10.2 Å². The summed E-state index contributed by atoms with van der Waals surface area (Å²) in [6.07, 6.45) is 3.93. The Kier molecular flexibility index (Phi) is 6.75. The molecule has 1 aromatic carbocycles. The molecule has 3 heteroatoms. The SMILES string of the molecule is OCCC#Cc1ccc(CN2CCCC(CCO)C2)cc1. The lowest BCUT2D eigenvalue weighted by Crippen LogP contribution is -2.35. The lowest BCUT2D eigenvalue weighted by Gasteiger charge is -2.32. The Hall–Kier alpha value is -1.34. The maximum Gasteiger partial charge on any atom is 0.0540 e. The number of nitrogens with zero attached hydrogens (tertiary/aromatic N) is 1. The molecule has 0 saturated carbocycles. The Bertz CT molecular complexity index is 470. The molecule has 114 valence electrons. The lowest BCUT2D eigenvalue weighted by atomic mass is 9.95. The Morgan fingerprint density at radius 3 is 2.67 bits per heavy atom. The first-order chi connectivity index (χ1) is 10.3. The van der Waals surface area contributed by atoms with E-state index in [9.17, 15) is 0 Å². The highest BCUT2D eigenvalue weighted by Gasteiger charge is 2.19. The molecule has 1 aromatic rings. The van der Waals surface area contributed by atoms with Crippen molar-refractivity contribution < 1.29 is 10.2 Å². The fourth-order valence-corrected chi connectivity index (χ4v) is 2.89. The standard InChI is InChI=1S/C18H25NO2/c20-12-2-1-4-16-6-8-18(9-7-16)15-19-11-3-5-17(14-19)10-13-21/h6-9,17,20-21H,2-3,5,10-15H2. The molecule has 1 fully saturated rings. The average Bonchev–Trinajstić information content (AvgIpc) is 2.50. The molecule has 1 aliphatic heterocycles. The van der Waals surface area contributed by atoms with Crippen molar-refractivity contribution >= 4 is 0 Å². The van der Waals surface area contributed by atoms with Gasteiger partial charge in [-0.25, -0.2) is 0 Å². The first-order valence-corrected chi connectivity index (χ1v) is 7.83. The number of benzene rings is 1. The van der Waals surface area contributed by atoms with E-state index < -0.39 is 0 Å². The molecule has 2 rings (SSSR count). The van der Waals surface area contributed by atoms with Gasteiger partial charge in [-0.2, -0.15) is 0 Å². The average molecular weight is 287 g/mol. The highest BCUT2D eigenvalue weighted by atomic mass is 16.3. The molecule has 1 saturated heterocycles. The molecule has 1 aliphatic rings. The van der Waals surface area contributed by atoms with Gasteiger partial charge in [0.05, 0.1) is 6.61 Å². The topological polar surface area (TPSA) is 43.7 Å². The highest BCUT2D eigenvalue weighted by molar-refractivity contribution is 5.36. The zero-order valence-corrected chi connectivity index (χ0v) is 12.6. The molecule has 1 unspecified atom stereocenters. The minimum Gasteiger partial charge on any atom is -0.396 e. The third-order valence-electron chi connectivity index (χ3n) is 3.97. The van der Waals surface area contributed by atoms with Gasteiger partial charge in [-0.15, -0.1) is 0 Å². The largest absolute Gasteiger partial charge is 0.396 e. The second kappa shape index (κ2) is 8.84. The van der Waals surface area contributed by atoms with E-state index in [1.807, 2.05) is 0 Å². The third kappa shape index (κ3) is 5.51. The third-order valence-corrected chi connectivity index (χ3v) is 3.97. The summed E-state index contributed by atoms with van der Waals surface area (Å²) in [5, 5.41) is 17.8. The zero-order chi connectivity index (χ0) is 14.9. The molecular formula is C18H25NO2. The van der Waals surface area contributed by atoms with Crippen LogP contribution >= 0.6 is 0 Å².